The lowest BCUT2D eigenvalue weighted by Gasteiger charge is -2.22. The Balaban J connectivity index is 1.76. The molecule has 1 fully saturated rings. The Morgan fingerprint density at radius 1 is 1.29 bits per heavy atom. The minimum Gasteiger partial charge on any atom is -0.370 e. The highest BCUT2D eigenvalue weighted by Gasteiger charge is 2.17. The van der Waals surface area contributed by atoms with Gasteiger partial charge in [-0.25, -0.2) is 9.78 Å². The number of carbonyl (C=O) groups is 1. The van der Waals surface area contributed by atoms with E-state index < -0.39 is 0 Å². The molecule has 2 aromatic rings. The second kappa shape index (κ2) is 6.13. The Morgan fingerprint density at radius 3 is 2.81 bits per heavy atom. The van der Waals surface area contributed by atoms with Gasteiger partial charge < -0.3 is 10.2 Å². The van der Waals surface area contributed by atoms with Gasteiger partial charge in [0, 0.05) is 24.7 Å². The van der Waals surface area contributed by atoms with Gasteiger partial charge in [0.1, 0.15) is 0 Å². The van der Waals surface area contributed by atoms with E-state index in [1.807, 2.05) is 17.5 Å². The zero-order valence-corrected chi connectivity index (χ0v) is 12.7. The van der Waals surface area contributed by atoms with Gasteiger partial charge in [-0.05, 0) is 37.5 Å². The lowest BCUT2D eigenvalue weighted by Crippen LogP contribution is -2.23. The number of aromatic nitrogens is 1. The Morgan fingerprint density at radius 2 is 2.10 bits per heavy atom. The van der Waals surface area contributed by atoms with Crippen LogP contribution < -0.4 is 15.5 Å². The van der Waals surface area contributed by atoms with Crippen molar-refractivity contribution < 1.29 is 4.79 Å². The summed E-state index contributed by atoms with van der Waals surface area (Å²) in [6.07, 6.45) is 4.08. The van der Waals surface area contributed by atoms with Crippen molar-refractivity contribution in [3.8, 4) is 0 Å². The Labute approximate surface area is 128 Å². The summed E-state index contributed by atoms with van der Waals surface area (Å²) >= 11 is 1.40. The third-order valence-electron chi connectivity index (χ3n) is 3.50. The quantitative estimate of drug-likeness (QED) is 0.909. The van der Waals surface area contributed by atoms with Gasteiger partial charge in [0.05, 0.1) is 11.4 Å². The van der Waals surface area contributed by atoms with Crippen LogP contribution in [0.25, 0.3) is 0 Å². The smallest absolute Gasteiger partial charge is 0.325 e. The average Bonchev–Trinajstić information content (AvgIpc) is 3.13. The van der Waals surface area contributed by atoms with E-state index in [0.29, 0.717) is 5.13 Å². The Bertz CT molecular complexity index is 621. The maximum absolute atomic E-state index is 12.1. The number of anilines is 3. The van der Waals surface area contributed by atoms with Gasteiger partial charge in [-0.1, -0.05) is 6.07 Å². The fourth-order valence-corrected chi connectivity index (χ4v) is 3.03. The maximum Gasteiger partial charge on any atom is 0.325 e. The molecule has 0 unspecified atom stereocenters. The van der Waals surface area contributed by atoms with Crippen LogP contribution in [-0.2, 0) is 0 Å². The molecule has 1 aliphatic heterocycles. The predicted octanol–water partition coefficient (Wildman–Crippen LogP) is 3.70. The second-order valence-corrected chi connectivity index (χ2v) is 6.03. The lowest BCUT2D eigenvalue weighted by molar-refractivity contribution is 0.262. The molecule has 21 heavy (non-hydrogen) atoms. The molecule has 6 heteroatoms. The van der Waals surface area contributed by atoms with Crippen LogP contribution in [0.1, 0.15) is 18.4 Å². The highest BCUT2D eigenvalue weighted by atomic mass is 32.1. The molecule has 0 aliphatic carbocycles. The highest BCUT2D eigenvalue weighted by molar-refractivity contribution is 7.13. The monoisotopic (exact) mass is 302 g/mol. The van der Waals surface area contributed by atoms with E-state index in [9.17, 15) is 4.79 Å². The first-order chi connectivity index (χ1) is 10.2. The Hall–Kier alpha value is -2.08. The number of nitrogens with zero attached hydrogens (tertiary/aromatic N) is 2. The predicted molar refractivity (Wildman–Crippen MR) is 87.4 cm³/mol. The molecule has 0 radical (unpaired) electrons. The van der Waals surface area contributed by atoms with Crippen molar-refractivity contribution in [2.24, 2.45) is 0 Å². The van der Waals surface area contributed by atoms with E-state index in [1.54, 1.807) is 6.20 Å². The highest BCUT2D eigenvalue weighted by Crippen LogP contribution is 2.30. The topological polar surface area (TPSA) is 57.3 Å². The number of hydrogen-bond acceptors (Lipinski definition) is 4. The molecule has 1 aromatic carbocycles. The van der Waals surface area contributed by atoms with Gasteiger partial charge in [0.15, 0.2) is 5.13 Å². The van der Waals surface area contributed by atoms with Crippen LogP contribution in [-0.4, -0.2) is 24.1 Å². The molecule has 0 saturated carbocycles. The van der Waals surface area contributed by atoms with E-state index >= 15 is 0 Å². The number of thiazole rings is 1. The number of aryl methyl sites for hydroxylation is 1. The van der Waals surface area contributed by atoms with Crippen LogP contribution >= 0.6 is 11.3 Å². The summed E-state index contributed by atoms with van der Waals surface area (Å²) < 4.78 is 0. The molecule has 0 spiro atoms. The molecule has 0 atom stereocenters. The summed E-state index contributed by atoms with van der Waals surface area (Å²) in [4.78, 5) is 18.4. The van der Waals surface area contributed by atoms with Gasteiger partial charge in [0.2, 0.25) is 0 Å². The van der Waals surface area contributed by atoms with Gasteiger partial charge in [-0.2, -0.15) is 0 Å². The van der Waals surface area contributed by atoms with Crippen LogP contribution in [0, 0.1) is 6.92 Å². The number of nitrogens with one attached hydrogen (secondary N) is 2. The molecule has 1 aliphatic rings. The molecule has 1 saturated heterocycles. The number of carbonyl (C=O) groups excluding carboxylic acids is 1. The van der Waals surface area contributed by atoms with Gasteiger partial charge in [0.25, 0.3) is 0 Å². The van der Waals surface area contributed by atoms with E-state index in [-0.39, 0.29) is 6.03 Å². The van der Waals surface area contributed by atoms with E-state index in [0.717, 1.165) is 24.5 Å². The molecule has 5 nitrogen and oxygen atoms in total. The molecular formula is C15H18N4OS. The maximum atomic E-state index is 12.1. The molecule has 1 aromatic heterocycles. The van der Waals surface area contributed by atoms with Crippen molar-refractivity contribution >= 4 is 33.9 Å². The SMILES string of the molecule is Cc1ccc(NC(=O)Nc2nccs2)c(N2CCCC2)c1. The number of amides is 2. The molecule has 2 amide bonds. The normalized spacial score (nSPS) is 14.2. The van der Waals surface area contributed by atoms with Crippen molar-refractivity contribution in [1.29, 1.82) is 0 Å². The molecule has 3 rings (SSSR count). The third-order valence-corrected chi connectivity index (χ3v) is 4.19. The number of urea groups is 1. The summed E-state index contributed by atoms with van der Waals surface area (Å²) in [5, 5.41) is 8.10. The number of hydrogen-bond donors (Lipinski definition) is 2. The van der Waals surface area contributed by atoms with Crippen molar-refractivity contribution in [2.45, 2.75) is 19.8 Å². The summed E-state index contributed by atoms with van der Waals surface area (Å²) in [5.41, 5.74) is 3.14. The third kappa shape index (κ3) is 3.33. The number of rotatable bonds is 3. The van der Waals surface area contributed by atoms with Crippen LogP contribution in [0.15, 0.2) is 29.8 Å². The van der Waals surface area contributed by atoms with Gasteiger partial charge >= 0.3 is 6.03 Å². The van der Waals surface area contributed by atoms with Crippen LogP contribution in [0.5, 0.6) is 0 Å². The number of benzene rings is 1. The molecule has 110 valence electrons. The van der Waals surface area contributed by atoms with Crippen molar-refractivity contribution in [3.63, 3.8) is 0 Å². The van der Waals surface area contributed by atoms with Crippen molar-refractivity contribution in [2.75, 3.05) is 28.6 Å². The minimum atomic E-state index is -0.255. The average molecular weight is 302 g/mol. The van der Waals surface area contributed by atoms with Gasteiger partial charge in [-0.15, -0.1) is 11.3 Å². The van der Waals surface area contributed by atoms with Crippen molar-refractivity contribution in [3.05, 3.63) is 35.3 Å². The summed E-state index contributed by atoms with van der Waals surface area (Å²) in [5.74, 6) is 0. The summed E-state index contributed by atoms with van der Waals surface area (Å²) in [7, 11) is 0. The molecular weight excluding hydrogens is 284 g/mol. The fourth-order valence-electron chi connectivity index (χ4n) is 2.50. The summed E-state index contributed by atoms with van der Waals surface area (Å²) in [6.45, 7) is 4.16. The standard InChI is InChI=1S/C15H18N4OS/c1-11-4-5-12(13(10-11)19-7-2-3-8-19)17-14(20)18-15-16-6-9-21-15/h4-6,9-10H,2-3,7-8H2,1H3,(H2,16,17,18,20). The first kappa shape index (κ1) is 13.9. The zero-order valence-electron chi connectivity index (χ0n) is 11.9. The van der Waals surface area contributed by atoms with E-state index in [4.69, 9.17) is 0 Å². The molecule has 0 bridgehead atoms. The minimum absolute atomic E-state index is 0.255. The van der Waals surface area contributed by atoms with Crippen LogP contribution in [0.2, 0.25) is 0 Å². The van der Waals surface area contributed by atoms with Crippen LogP contribution in [0.3, 0.4) is 0 Å². The van der Waals surface area contributed by atoms with Crippen LogP contribution in [0.4, 0.5) is 21.3 Å². The van der Waals surface area contributed by atoms with E-state index in [2.05, 4.69) is 33.5 Å². The molecule has 2 heterocycles. The first-order valence-electron chi connectivity index (χ1n) is 7.05. The first-order valence-corrected chi connectivity index (χ1v) is 7.93. The second-order valence-electron chi connectivity index (χ2n) is 5.13. The van der Waals surface area contributed by atoms with E-state index in [1.165, 1.54) is 29.7 Å². The zero-order chi connectivity index (χ0) is 14.7. The largest absolute Gasteiger partial charge is 0.370 e. The Kier molecular flexibility index (Phi) is 4.06. The fraction of sp³-hybridized carbons (Fsp3) is 0.333. The lowest BCUT2D eigenvalue weighted by atomic mass is 10.1. The van der Waals surface area contributed by atoms with Crippen molar-refractivity contribution in [1.82, 2.24) is 4.98 Å². The molecule has 2 N–H and O–H groups in total. The van der Waals surface area contributed by atoms with Gasteiger partial charge in [-0.3, -0.25) is 5.32 Å². The summed E-state index contributed by atoms with van der Waals surface area (Å²) in [6, 6.07) is 5.85.